The van der Waals surface area contributed by atoms with Crippen molar-refractivity contribution in [3.8, 4) is 0 Å². The van der Waals surface area contributed by atoms with Gasteiger partial charge in [-0.1, -0.05) is 18.2 Å². The fourth-order valence-corrected chi connectivity index (χ4v) is 3.96. The van der Waals surface area contributed by atoms with Crippen LogP contribution in [0.2, 0.25) is 0 Å². The van der Waals surface area contributed by atoms with E-state index in [0.29, 0.717) is 10.9 Å². The monoisotopic (exact) mass is 364 g/mol. The molecule has 2 aromatic heterocycles. The summed E-state index contributed by atoms with van der Waals surface area (Å²) in [5, 5.41) is 0.452. The number of carbonyl (C=O) groups excluding carboxylic acids is 1. The predicted molar refractivity (Wildman–Crippen MR) is 107 cm³/mol. The highest BCUT2D eigenvalue weighted by molar-refractivity contribution is 6.07. The van der Waals surface area contributed by atoms with Gasteiger partial charge >= 0.3 is 0 Å². The van der Waals surface area contributed by atoms with Crippen LogP contribution in [-0.4, -0.2) is 47.0 Å². The Morgan fingerprint density at radius 2 is 1.81 bits per heavy atom. The Labute approximate surface area is 157 Å². The van der Waals surface area contributed by atoms with Crippen molar-refractivity contribution in [2.24, 2.45) is 0 Å². The number of hydrogen-bond donors (Lipinski definition) is 2. The number of nitrogens with one attached hydrogen (secondary N) is 2. The number of carbonyl (C=O) groups is 1. The first-order valence-electron chi connectivity index (χ1n) is 9.33. The van der Waals surface area contributed by atoms with Gasteiger partial charge in [0.1, 0.15) is 0 Å². The minimum absolute atomic E-state index is 0.101. The maximum absolute atomic E-state index is 13.1. The van der Waals surface area contributed by atoms with Gasteiger partial charge in [0, 0.05) is 44.3 Å². The number of aromatic amines is 2. The van der Waals surface area contributed by atoms with Crippen LogP contribution in [0.4, 0.5) is 5.69 Å². The minimum Gasteiger partial charge on any atom is -0.371 e. The summed E-state index contributed by atoms with van der Waals surface area (Å²) in [4.78, 5) is 35.3. The molecule has 0 spiro atoms. The van der Waals surface area contributed by atoms with Gasteiger partial charge in [-0.25, -0.2) is 0 Å². The average Bonchev–Trinajstić information content (AvgIpc) is 3.17. The van der Waals surface area contributed by atoms with Crippen LogP contribution < -0.4 is 10.5 Å². The maximum atomic E-state index is 13.1. The summed E-state index contributed by atoms with van der Waals surface area (Å²) in [6.45, 7) is 3.74. The molecule has 0 unspecified atom stereocenters. The van der Waals surface area contributed by atoms with Crippen molar-refractivity contribution in [2.45, 2.75) is 25.8 Å². The summed E-state index contributed by atoms with van der Waals surface area (Å²) in [6, 6.07) is 10.5. The number of amides is 1. The summed E-state index contributed by atoms with van der Waals surface area (Å²) in [5.74, 6) is -0.101. The zero-order valence-electron chi connectivity index (χ0n) is 15.7. The van der Waals surface area contributed by atoms with E-state index in [1.54, 1.807) is 17.3 Å². The van der Waals surface area contributed by atoms with Gasteiger partial charge in [0.05, 0.1) is 16.5 Å². The smallest absolute Gasteiger partial charge is 0.258 e. The molecule has 1 fully saturated rings. The molecule has 6 heteroatoms. The normalized spacial score (nSPS) is 15.3. The summed E-state index contributed by atoms with van der Waals surface area (Å²) >= 11 is 0. The van der Waals surface area contributed by atoms with Gasteiger partial charge < -0.3 is 19.8 Å². The van der Waals surface area contributed by atoms with Crippen LogP contribution in [0.1, 0.15) is 28.8 Å². The summed E-state index contributed by atoms with van der Waals surface area (Å²) < 4.78 is 0. The lowest BCUT2D eigenvalue weighted by Gasteiger charge is -2.37. The fourth-order valence-electron chi connectivity index (χ4n) is 3.96. The molecule has 6 nitrogen and oxygen atoms in total. The molecule has 140 valence electrons. The van der Waals surface area contributed by atoms with E-state index in [1.807, 2.05) is 32.2 Å². The first kappa shape index (κ1) is 17.4. The Bertz CT molecular complexity index is 1010. The van der Waals surface area contributed by atoms with Crippen molar-refractivity contribution in [2.75, 3.05) is 25.0 Å². The van der Waals surface area contributed by atoms with E-state index in [-0.39, 0.29) is 17.5 Å². The standard InChI is InChI=1S/C21H24N4O2/c1-14-12-23-20(26)18-17(13-22-19(14)18)21(27)24(2)15-8-10-25(11-9-15)16-6-4-3-5-7-16/h3-7,12-13,15,22H,8-11H2,1-2H3,(H,23,26). The number of pyridine rings is 1. The van der Waals surface area contributed by atoms with Crippen molar-refractivity contribution in [1.82, 2.24) is 14.9 Å². The van der Waals surface area contributed by atoms with Crippen LogP contribution in [-0.2, 0) is 0 Å². The van der Waals surface area contributed by atoms with E-state index in [1.165, 1.54) is 5.69 Å². The number of benzene rings is 1. The molecular weight excluding hydrogens is 340 g/mol. The fraction of sp³-hybridized carbons (Fsp3) is 0.333. The number of para-hydroxylation sites is 1. The lowest BCUT2D eigenvalue weighted by Crippen LogP contribution is -2.45. The highest BCUT2D eigenvalue weighted by atomic mass is 16.2. The lowest BCUT2D eigenvalue weighted by atomic mass is 10.0. The van der Waals surface area contributed by atoms with E-state index in [2.05, 4.69) is 27.0 Å². The number of hydrogen-bond acceptors (Lipinski definition) is 3. The van der Waals surface area contributed by atoms with Gasteiger partial charge in [0.15, 0.2) is 0 Å². The van der Waals surface area contributed by atoms with Gasteiger partial charge in [-0.05, 0) is 37.5 Å². The first-order valence-corrected chi connectivity index (χ1v) is 9.33. The molecule has 3 heterocycles. The molecule has 1 amide bonds. The third kappa shape index (κ3) is 3.12. The van der Waals surface area contributed by atoms with E-state index in [4.69, 9.17) is 0 Å². The molecular formula is C21H24N4O2. The molecule has 0 aliphatic carbocycles. The molecule has 4 rings (SSSR count). The van der Waals surface area contributed by atoms with Crippen LogP contribution in [0.3, 0.4) is 0 Å². The van der Waals surface area contributed by atoms with E-state index < -0.39 is 0 Å². The Morgan fingerprint density at radius 3 is 2.52 bits per heavy atom. The zero-order valence-corrected chi connectivity index (χ0v) is 15.7. The average molecular weight is 364 g/mol. The van der Waals surface area contributed by atoms with Crippen LogP contribution in [0.15, 0.2) is 47.5 Å². The highest BCUT2D eigenvalue weighted by Crippen LogP contribution is 2.24. The largest absolute Gasteiger partial charge is 0.371 e. The van der Waals surface area contributed by atoms with Gasteiger partial charge in [-0.2, -0.15) is 0 Å². The van der Waals surface area contributed by atoms with E-state index in [9.17, 15) is 9.59 Å². The summed E-state index contributed by atoms with van der Waals surface area (Å²) in [7, 11) is 1.84. The number of anilines is 1. The molecule has 0 saturated carbocycles. The number of fused-ring (bicyclic) bond motifs is 1. The molecule has 1 aromatic carbocycles. The second-order valence-electron chi connectivity index (χ2n) is 7.22. The Kier molecular flexibility index (Phi) is 4.48. The van der Waals surface area contributed by atoms with Crippen LogP contribution >= 0.6 is 0 Å². The van der Waals surface area contributed by atoms with Crippen molar-refractivity contribution >= 4 is 22.5 Å². The van der Waals surface area contributed by atoms with Crippen molar-refractivity contribution in [1.29, 1.82) is 0 Å². The number of nitrogens with zero attached hydrogens (tertiary/aromatic N) is 2. The predicted octanol–water partition coefficient (Wildman–Crippen LogP) is 2.91. The number of H-pyrrole nitrogens is 2. The quantitative estimate of drug-likeness (QED) is 0.751. The Balaban J connectivity index is 1.51. The van der Waals surface area contributed by atoms with Crippen LogP contribution in [0, 0.1) is 6.92 Å². The molecule has 3 aromatic rings. The second kappa shape index (κ2) is 6.95. The van der Waals surface area contributed by atoms with E-state index >= 15 is 0 Å². The molecule has 0 atom stereocenters. The SMILES string of the molecule is Cc1c[nH]c(=O)c2c(C(=O)N(C)C3CCN(c4ccccc4)CC3)c[nH]c12. The number of aromatic nitrogens is 2. The molecule has 0 bridgehead atoms. The van der Waals surface area contributed by atoms with Gasteiger partial charge in [0.2, 0.25) is 0 Å². The van der Waals surface area contributed by atoms with Crippen molar-refractivity contribution < 1.29 is 4.79 Å². The van der Waals surface area contributed by atoms with E-state index in [0.717, 1.165) is 37.0 Å². The molecule has 2 N–H and O–H groups in total. The number of rotatable bonds is 3. The van der Waals surface area contributed by atoms with Crippen LogP contribution in [0.25, 0.3) is 10.9 Å². The molecule has 1 saturated heterocycles. The zero-order chi connectivity index (χ0) is 19.0. The first-order chi connectivity index (χ1) is 13.1. The summed E-state index contributed by atoms with van der Waals surface area (Å²) in [6.07, 6.45) is 5.15. The molecule has 1 aliphatic rings. The number of aryl methyl sites for hydroxylation is 1. The highest BCUT2D eigenvalue weighted by Gasteiger charge is 2.28. The molecule has 0 radical (unpaired) electrons. The topological polar surface area (TPSA) is 72.2 Å². The third-order valence-electron chi connectivity index (χ3n) is 5.61. The van der Waals surface area contributed by atoms with Crippen molar-refractivity contribution in [3.63, 3.8) is 0 Å². The van der Waals surface area contributed by atoms with Gasteiger partial charge in [0.25, 0.3) is 11.5 Å². The van der Waals surface area contributed by atoms with Gasteiger partial charge in [-0.3, -0.25) is 9.59 Å². The molecule has 27 heavy (non-hydrogen) atoms. The Morgan fingerprint density at radius 1 is 1.11 bits per heavy atom. The summed E-state index contributed by atoms with van der Waals surface area (Å²) in [5.41, 5.74) is 3.09. The Hall–Kier alpha value is -3.02. The molecule has 1 aliphatic heterocycles. The number of piperidine rings is 1. The minimum atomic E-state index is -0.229. The van der Waals surface area contributed by atoms with Crippen molar-refractivity contribution in [3.05, 3.63) is 64.2 Å². The maximum Gasteiger partial charge on any atom is 0.258 e. The van der Waals surface area contributed by atoms with Gasteiger partial charge in [-0.15, -0.1) is 0 Å². The lowest BCUT2D eigenvalue weighted by molar-refractivity contribution is 0.0711. The second-order valence-corrected chi connectivity index (χ2v) is 7.22. The third-order valence-corrected chi connectivity index (χ3v) is 5.61. The van der Waals surface area contributed by atoms with Crippen LogP contribution in [0.5, 0.6) is 0 Å².